The van der Waals surface area contributed by atoms with Crippen LogP contribution in [0.2, 0.25) is 0 Å². The average Bonchev–Trinajstić information content (AvgIpc) is 3.29. The normalized spacial score (nSPS) is 16.6. The first-order chi connectivity index (χ1) is 12.1. The molecule has 0 aliphatic carbocycles. The predicted molar refractivity (Wildman–Crippen MR) is 99.4 cm³/mol. The van der Waals surface area contributed by atoms with Crippen molar-refractivity contribution < 1.29 is 9.59 Å². The van der Waals surface area contributed by atoms with E-state index in [1.54, 1.807) is 21.2 Å². The van der Waals surface area contributed by atoms with Gasteiger partial charge in [0.25, 0.3) is 5.91 Å². The Kier molecular flexibility index (Phi) is 5.14. The zero-order valence-corrected chi connectivity index (χ0v) is 14.8. The molecule has 1 aliphatic rings. The Morgan fingerprint density at radius 3 is 2.64 bits per heavy atom. The molecule has 2 aromatic rings. The minimum Gasteiger partial charge on any atom is -0.368 e. The molecule has 2 heterocycles. The number of nitrogens with two attached hydrogens (primary N) is 1. The lowest BCUT2D eigenvalue weighted by Gasteiger charge is -2.20. The van der Waals surface area contributed by atoms with Gasteiger partial charge < -0.3 is 10.6 Å². The van der Waals surface area contributed by atoms with E-state index < -0.39 is 11.9 Å². The van der Waals surface area contributed by atoms with Crippen molar-refractivity contribution in [3.8, 4) is 0 Å². The third-order valence-corrected chi connectivity index (χ3v) is 4.96. The molecule has 0 bridgehead atoms. The topological polar surface area (TPSA) is 79.0 Å². The molecule has 2 N–H and O–H groups in total. The highest BCUT2D eigenvalue weighted by molar-refractivity contribution is 7.09. The molecule has 0 unspecified atom stereocenters. The minimum atomic E-state index is -0.637. The van der Waals surface area contributed by atoms with E-state index in [0.29, 0.717) is 18.8 Å². The third kappa shape index (κ3) is 3.71. The van der Waals surface area contributed by atoms with Crippen molar-refractivity contribution >= 4 is 34.6 Å². The van der Waals surface area contributed by atoms with Gasteiger partial charge in [-0.05, 0) is 30.5 Å². The number of rotatable bonds is 6. The molecule has 130 valence electrons. The van der Waals surface area contributed by atoms with Crippen molar-refractivity contribution in [1.29, 1.82) is 0 Å². The van der Waals surface area contributed by atoms with Crippen LogP contribution in [0, 0.1) is 0 Å². The third-order valence-electron chi connectivity index (χ3n) is 4.10. The van der Waals surface area contributed by atoms with Crippen LogP contribution in [0.15, 0.2) is 52.9 Å². The van der Waals surface area contributed by atoms with Crippen LogP contribution in [-0.4, -0.2) is 35.0 Å². The molecule has 0 radical (unpaired) electrons. The standard InChI is InChI=1S/C18H20N4O2S/c1-2-21(12-14-9-6-10-25-14)18(24)15-11-16(17(19)23)22(20-15)13-7-4-3-5-8-13/h3-10,16H,2,11-12H2,1H3,(H2,19,23)/t16-/m0/s1. The Balaban J connectivity index is 1.83. The number of carbonyl (C=O) groups is 2. The fraction of sp³-hybridized carbons (Fsp3) is 0.278. The monoisotopic (exact) mass is 356 g/mol. The Morgan fingerprint density at radius 1 is 1.28 bits per heavy atom. The van der Waals surface area contributed by atoms with Crippen LogP contribution in [0.5, 0.6) is 0 Å². The SMILES string of the molecule is CCN(Cc1cccs1)C(=O)C1=NN(c2ccccc2)[C@H](C(N)=O)C1. The van der Waals surface area contributed by atoms with Crippen molar-refractivity contribution in [2.24, 2.45) is 10.8 Å². The van der Waals surface area contributed by atoms with Crippen molar-refractivity contribution in [1.82, 2.24) is 4.90 Å². The predicted octanol–water partition coefficient (Wildman–Crippen LogP) is 2.22. The van der Waals surface area contributed by atoms with Gasteiger partial charge in [0.15, 0.2) is 0 Å². The van der Waals surface area contributed by atoms with E-state index in [-0.39, 0.29) is 12.3 Å². The molecule has 0 spiro atoms. The molecule has 0 fully saturated rings. The molecule has 25 heavy (non-hydrogen) atoms. The van der Waals surface area contributed by atoms with Crippen LogP contribution in [0.1, 0.15) is 18.2 Å². The maximum absolute atomic E-state index is 12.9. The summed E-state index contributed by atoms with van der Waals surface area (Å²) in [6, 6.07) is 12.6. The van der Waals surface area contributed by atoms with E-state index in [2.05, 4.69) is 5.10 Å². The summed E-state index contributed by atoms with van der Waals surface area (Å²) in [6.07, 6.45) is 0.226. The van der Waals surface area contributed by atoms with Gasteiger partial charge >= 0.3 is 0 Å². The number of hydrogen-bond donors (Lipinski definition) is 1. The van der Waals surface area contributed by atoms with Gasteiger partial charge in [0.05, 0.1) is 12.2 Å². The number of hydrogen-bond acceptors (Lipinski definition) is 5. The van der Waals surface area contributed by atoms with Crippen molar-refractivity contribution in [2.45, 2.75) is 25.9 Å². The van der Waals surface area contributed by atoms with Gasteiger partial charge in [-0.1, -0.05) is 24.3 Å². The summed E-state index contributed by atoms with van der Waals surface area (Å²) in [6.45, 7) is 3.04. The van der Waals surface area contributed by atoms with Gasteiger partial charge in [-0.3, -0.25) is 14.6 Å². The lowest BCUT2D eigenvalue weighted by Crippen LogP contribution is -2.40. The number of primary amides is 1. The molecule has 0 saturated carbocycles. The van der Waals surface area contributed by atoms with Crippen molar-refractivity contribution in [3.05, 3.63) is 52.7 Å². The van der Waals surface area contributed by atoms with Gasteiger partial charge in [-0.2, -0.15) is 5.10 Å². The molecular weight excluding hydrogens is 336 g/mol. The summed E-state index contributed by atoms with van der Waals surface area (Å²) in [4.78, 5) is 27.5. The molecule has 1 aromatic carbocycles. The van der Waals surface area contributed by atoms with E-state index >= 15 is 0 Å². The summed E-state index contributed by atoms with van der Waals surface area (Å²) in [5.74, 6) is -0.641. The summed E-state index contributed by atoms with van der Waals surface area (Å²) in [7, 11) is 0. The molecule has 2 amide bonds. The Labute approximate surface area is 150 Å². The zero-order valence-electron chi connectivity index (χ0n) is 14.0. The van der Waals surface area contributed by atoms with Gasteiger partial charge in [0.1, 0.15) is 11.8 Å². The highest BCUT2D eigenvalue weighted by Crippen LogP contribution is 2.25. The maximum Gasteiger partial charge on any atom is 0.270 e. The molecule has 1 atom stereocenters. The second kappa shape index (κ2) is 7.48. The molecule has 7 heteroatoms. The fourth-order valence-electron chi connectivity index (χ4n) is 2.78. The van der Waals surface area contributed by atoms with Crippen LogP contribution >= 0.6 is 11.3 Å². The number of para-hydroxylation sites is 1. The highest BCUT2D eigenvalue weighted by Gasteiger charge is 2.36. The molecule has 1 aliphatic heterocycles. The average molecular weight is 356 g/mol. The Hall–Kier alpha value is -2.67. The van der Waals surface area contributed by atoms with Crippen LogP contribution in [0.3, 0.4) is 0 Å². The number of amides is 2. The van der Waals surface area contributed by atoms with E-state index in [1.807, 2.05) is 54.8 Å². The fourth-order valence-corrected chi connectivity index (χ4v) is 3.50. The number of carbonyl (C=O) groups excluding carboxylic acids is 2. The lowest BCUT2D eigenvalue weighted by molar-refractivity contribution is -0.124. The Bertz CT molecular complexity index is 774. The number of thiophene rings is 1. The lowest BCUT2D eigenvalue weighted by atomic mass is 10.1. The molecular formula is C18H20N4O2S. The van der Waals surface area contributed by atoms with E-state index in [9.17, 15) is 9.59 Å². The molecule has 1 aromatic heterocycles. The second-order valence-corrected chi connectivity index (χ2v) is 6.78. The first kappa shape index (κ1) is 17.2. The largest absolute Gasteiger partial charge is 0.368 e. The van der Waals surface area contributed by atoms with E-state index in [0.717, 1.165) is 10.6 Å². The van der Waals surface area contributed by atoms with E-state index in [4.69, 9.17) is 5.73 Å². The van der Waals surface area contributed by atoms with Gasteiger partial charge in [0.2, 0.25) is 5.91 Å². The first-order valence-electron chi connectivity index (χ1n) is 8.13. The van der Waals surface area contributed by atoms with Crippen LogP contribution in [0.25, 0.3) is 0 Å². The summed E-state index contributed by atoms with van der Waals surface area (Å²) >= 11 is 1.61. The van der Waals surface area contributed by atoms with E-state index in [1.165, 1.54) is 0 Å². The molecule has 6 nitrogen and oxygen atoms in total. The molecule has 0 saturated heterocycles. The summed E-state index contributed by atoms with van der Waals surface area (Å²) in [5.41, 5.74) is 6.64. The second-order valence-electron chi connectivity index (χ2n) is 5.75. The maximum atomic E-state index is 12.9. The zero-order chi connectivity index (χ0) is 17.8. The number of nitrogens with zero attached hydrogens (tertiary/aromatic N) is 3. The van der Waals surface area contributed by atoms with Gasteiger partial charge in [0, 0.05) is 17.8 Å². The quantitative estimate of drug-likeness (QED) is 0.862. The number of hydrazone groups is 1. The number of benzene rings is 1. The smallest absolute Gasteiger partial charge is 0.270 e. The van der Waals surface area contributed by atoms with Crippen LogP contribution in [0.4, 0.5) is 5.69 Å². The van der Waals surface area contributed by atoms with Crippen molar-refractivity contribution in [3.63, 3.8) is 0 Å². The first-order valence-corrected chi connectivity index (χ1v) is 9.01. The van der Waals surface area contributed by atoms with Gasteiger partial charge in [-0.25, -0.2) is 0 Å². The van der Waals surface area contributed by atoms with Crippen LogP contribution in [-0.2, 0) is 16.1 Å². The minimum absolute atomic E-state index is 0.152. The number of anilines is 1. The highest BCUT2D eigenvalue weighted by atomic mass is 32.1. The summed E-state index contributed by atoms with van der Waals surface area (Å²) in [5, 5.41) is 7.96. The van der Waals surface area contributed by atoms with Crippen LogP contribution < -0.4 is 10.7 Å². The Morgan fingerprint density at radius 2 is 2.04 bits per heavy atom. The summed E-state index contributed by atoms with van der Waals surface area (Å²) < 4.78 is 0. The molecule has 3 rings (SSSR count). The van der Waals surface area contributed by atoms with Gasteiger partial charge in [-0.15, -0.1) is 11.3 Å². The van der Waals surface area contributed by atoms with Crippen molar-refractivity contribution in [2.75, 3.05) is 11.6 Å².